The monoisotopic (exact) mass is 273 g/mol. The lowest BCUT2D eigenvalue weighted by molar-refractivity contribution is -0.160. The maximum atomic E-state index is 12.2. The van der Waals surface area contributed by atoms with Crippen LogP contribution in [-0.2, 0) is 14.3 Å². The Morgan fingerprint density at radius 1 is 1.42 bits per heavy atom. The molecule has 0 aromatic carbocycles. The lowest BCUT2D eigenvalue weighted by Crippen LogP contribution is -2.62. The van der Waals surface area contributed by atoms with E-state index in [0.29, 0.717) is 19.4 Å². The van der Waals surface area contributed by atoms with E-state index in [1.807, 2.05) is 0 Å². The number of ether oxygens (including phenoxy) is 2. The molecule has 1 atom stereocenters. The van der Waals surface area contributed by atoms with Crippen LogP contribution in [-0.4, -0.2) is 53.0 Å². The van der Waals surface area contributed by atoms with Gasteiger partial charge in [-0.25, -0.2) is 9.59 Å². The van der Waals surface area contributed by atoms with Crippen LogP contribution in [0, 0.1) is 0 Å². The summed E-state index contributed by atoms with van der Waals surface area (Å²) in [4.78, 5) is 25.1. The van der Waals surface area contributed by atoms with Gasteiger partial charge in [-0.1, -0.05) is 0 Å². The first kappa shape index (κ1) is 15.8. The van der Waals surface area contributed by atoms with Gasteiger partial charge in [0.2, 0.25) is 0 Å². The number of carbonyl (C=O) groups excluding carboxylic acids is 1. The number of amides is 1. The highest BCUT2D eigenvalue weighted by molar-refractivity contribution is 5.84. The topological polar surface area (TPSA) is 76.1 Å². The Hall–Kier alpha value is -1.30. The Morgan fingerprint density at radius 2 is 2.05 bits per heavy atom. The number of nitrogens with zero attached hydrogens (tertiary/aromatic N) is 1. The average Bonchev–Trinajstić information content (AvgIpc) is 2.28. The Balaban J connectivity index is 2.97. The molecule has 0 spiro atoms. The number of hydrogen-bond acceptors (Lipinski definition) is 4. The van der Waals surface area contributed by atoms with Crippen molar-refractivity contribution in [3.63, 3.8) is 0 Å². The minimum absolute atomic E-state index is 0.00934. The standard InChI is InChI=1S/C13H23NO5/c1-5-14(11(17)19-12(2,3)4)13(10(15)16)7-6-8-18-9-13/h5-9H2,1-4H3,(H,15,16). The number of carbonyl (C=O) groups is 2. The molecule has 0 aromatic rings. The van der Waals surface area contributed by atoms with Gasteiger partial charge >= 0.3 is 12.1 Å². The van der Waals surface area contributed by atoms with Crippen molar-refractivity contribution in [2.75, 3.05) is 19.8 Å². The van der Waals surface area contributed by atoms with E-state index in [4.69, 9.17) is 9.47 Å². The molecule has 1 aliphatic heterocycles. The maximum absolute atomic E-state index is 12.2. The Bertz CT molecular complexity index is 341. The first-order chi connectivity index (χ1) is 8.73. The van der Waals surface area contributed by atoms with Crippen LogP contribution in [0.4, 0.5) is 4.79 Å². The zero-order chi connectivity index (χ0) is 14.7. The van der Waals surface area contributed by atoms with E-state index in [1.54, 1.807) is 27.7 Å². The molecule has 1 aliphatic rings. The largest absolute Gasteiger partial charge is 0.479 e. The second-order valence-corrected chi connectivity index (χ2v) is 5.72. The summed E-state index contributed by atoms with van der Waals surface area (Å²) in [5, 5.41) is 9.51. The third kappa shape index (κ3) is 3.59. The van der Waals surface area contributed by atoms with Crippen LogP contribution in [0.25, 0.3) is 0 Å². The molecular formula is C13H23NO5. The van der Waals surface area contributed by atoms with Gasteiger partial charge in [0, 0.05) is 13.2 Å². The van der Waals surface area contributed by atoms with Gasteiger partial charge < -0.3 is 14.6 Å². The van der Waals surface area contributed by atoms with Crippen LogP contribution < -0.4 is 0 Å². The molecule has 0 aromatic heterocycles. The second-order valence-electron chi connectivity index (χ2n) is 5.72. The van der Waals surface area contributed by atoms with Crippen LogP contribution in [0.15, 0.2) is 0 Å². The maximum Gasteiger partial charge on any atom is 0.411 e. The molecule has 1 unspecified atom stereocenters. The van der Waals surface area contributed by atoms with E-state index in [1.165, 1.54) is 4.90 Å². The SMILES string of the molecule is CCN(C(=O)OC(C)(C)C)C1(C(=O)O)CCCOC1. The Morgan fingerprint density at radius 3 is 2.42 bits per heavy atom. The molecule has 1 N–H and O–H groups in total. The van der Waals surface area contributed by atoms with Gasteiger partial charge in [0.1, 0.15) is 5.60 Å². The van der Waals surface area contributed by atoms with Crippen LogP contribution in [0.3, 0.4) is 0 Å². The van der Waals surface area contributed by atoms with E-state index in [9.17, 15) is 14.7 Å². The average molecular weight is 273 g/mol. The van der Waals surface area contributed by atoms with Crippen LogP contribution in [0.2, 0.25) is 0 Å². The molecule has 0 aliphatic carbocycles. The highest BCUT2D eigenvalue weighted by Gasteiger charge is 2.48. The quantitative estimate of drug-likeness (QED) is 0.849. The summed E-state index contributed by atoms with van der Waals surface area (Å²) in [6, 6.07) is 0. The Labute approximate surface area is 113 Å². The van der Waals surface area contributed by atoms with Gasteiger partial charge in [0.25, 0.3) is 0 Å². The fourth-order valence-corrected chi connectivity index (χ4v) is 2.20. The number of rotatable bonds is 3. The molecule has 1 amide bonds. The van der Waals surface area contributed by atoms with E-state index >= 15 is 0 Å². The van der Waals surface area contributed by atoms with Gasteiger partial charge in [-0.3, -0.25) is 4.90 Å². The van der Waals surface area contributed by atoms with Crippen molar-refractivity contribution < 1.29 is 24.2 Å². The molecule has 110 valence electrons. The molecule has 1 heterocycles. The third-order valence-corrected chi connectivity index (χ3v) is 3.06. The number of likely N-dealkylation sites (N-methyl/N-ethyl adjacent to an activating group) is 1. The van der Waals surface area contributed by atoms with Gasteiger partial charge in [-0.05, 0) is 40.5 Å². The van der Waals surface area contributed by atoms with Crippen molar-refractivity contribution in [1.82, 2.24) is 4.90 Å². The van der Waals surface area contributed by atoms with Crippen molar-refractivity contribution >= 4 is 12.1 Å². The molecule has 6 nitrogen and oxygen atoms in total. The predicted octanol–water partition coefficient (Wildman–Crippen LogP) is 1.88. The predicted molar refractivity (Wildman–Crippen MR) is 69.0 cm³/mol. The molecule has 19 heavy (non-hydrogen) atoms. The summed E-state index contributed by atoms with van der Waals surface area (Å²) in [6.45, 7) is 7.81. The zero-order valence-electron chi connectivity index (χ0n) is 12.1. The molecule has 0 saturated carbocycles. The molecule has 0 bridgehead atoms. The van der Waals surface area contributed by atoms with Crippen LogP contribution in [0.5, 0.6) is 0 Å². The molecule has 1 fully saturated rings. The van der Waals surface area contributed by atoms with Crippen LogP contribution >= 0.6 is 0 Å². The summed E-state index contributed by atoms with van der Waals surface area (Å²) in [5.74, 6) is -1.04. The van der Waals surface area contributed by atoms with Crippen molar-refractivity contribution in [1.29, 1.82) is 0 Å². The zero-order valence-corrected chi connectivity index (χ0v) is 12.1. The number of carboxylic acids is 1. The minimum atomic E-state index is -1.31. The molecular weight excluding hydrogens is 250 g/mol. The van der Waals surface area contributed by atoms with Gasteiger partial charge in [-0.2, -0.15) is 0 Å². The second kappa shape index (κ2) is 5.77. The molecule has 1 saturated heterocycles. The number of aliphatic carboxylic acids is 1. The highest BCUT2D eigenvalue weighted by Crippen LogP contribution is 2.28. The van der Waals surface area contributed by atoms with Crippen molar-refractivity contribution in [2.24, 2.45) is 0 Å². The minimum Gasteiger partial charge on any atom is -0.479 e. The van der Waals surface area contributed by atoms with E-state index < -0.39 is 23.2 Å². The molecule has 0 radical (unpaired) electrons. The summed E-state index contributed by atoms with van der Waals surface area (Å²) in [7, 11) is 0. The normalized spacial score (nSPS) is 23.8. The van der Waals surface area contributed by atoms with Crippen molar-refractivity contribution in [3.8, 4) is 0 Å². The van der Waals surface area contributed by atoms with E-state index in [0.717, 1.165) is 0 Å². The fraction of sp³-hybridized carbons (Fsp3) is 0.846. The first-order valence-corrected chi connectivity index (χ1v) is 6.55. The van der Waals surface area contributed by atoms with E-state index in [2.05, 4.69) is 0 Å². The lowest BCUT2D eigenvalue weighted by atomic mass is 9.90. The van der Waals surface area contributed by atoms with Gasteiger partial charge in [0.05, 0.1) is 6.61 Å². The summed E-state index contributed by atoms with van der Waals surface area (Å²) >= 11 is 0. The van der Waals surface area contributed by atoms with Crippen LogP contribution in [0.1, 0.15) is 40.5 Å². The first-order valence-electron chi connectivity index (χ1n) is 6.55. The summed E-state index contributed by atoms with van der Waals surface area (Å²) in [5.41, 5.74) is -1.96. The number of hydrogen-bond donors (Lipinski definition) is 1. The summed E-state index contributed by atoms with van der Waals surface area (Å²) in [6.07, 6.45) is 0.393. The summed E-state index contributed by atoms with van der Waals surface area (Å²) < 4.78 is 10.6. The van der Waals surface area contributed by atoms with Crippen molar-refractivity contribution in [3.05, 3.63) is 0 Å². The van der Waals surface area contributed by atoms with E-state index in [-0.39, 0.29) is 13.2 Å². The number of carboxylic acid groups (broad SMARTS) is 1. The highest BCUT2D eigenvalue weighted by atomic mass is 16.6. The molecule has 6 heteroatoms. The van der Waals surface area contributed by atoms with Gasteiger partial charge in [0.15, 0.2) is 5.54 Å². The van der Waals surface area contributed by atoms with Gasteiger partial charge in [-0.15, -0.1) is 0 Å². The fourth-order valence-electron chi connectivity index (χ4n) is 2.20. The van der Waals surface area contributed by atoms with Crippen molar-refractivity contribution in [2.45, 2.75) is 51.7 Å². The molecule has 1 rings (SSSR count). The smallest absolute Gasteiger partial charge is 0.411 e. The lowest BCUT2D eigenvalue weighted by Gasteiger charge is -2.42. The third-order valence-electron chi connectivity index (χ3n) is 3.06. The Kier molecular flexibility index (Phi) is 4.79.